The van der Waals surface area contributed by atoms with E-state index in [9.17, 15) is 9.59 Å². The zero-order valence-corrected chi connectivity index (χ0v) is 11.9. The van der Waals surface area contributed by atoms with Gasteiger partial charge in [0.1, 0.15) is 0 Å². The van der Waals surface area contributed by atoms with Crippen LogP contribution in [-0.2, 0) is 20.0 Å². The van der Waals surface area contributed by atoms with E-state index in [-0.39, 0.29) is 12.5 Å². The van der Waals surface area contributed by atoms with Crippen LogP contribution in [0.25, 0.3) is 0 Å². The number of nitrogens with zero attached hydrogens (tertiary/aromatic N) is 1. The van der Waals surface area contributed by atoms with Crippen LogP contribution in [-0.4, -0.2) is 54.4 Å². The first-order valence-corrected chi connectivity index (χ1v) is 6.90. The molecule has 12 nitrogen and oxygen atoms in total. The second kappa shape index (κ2) is 10.8. The number of hydrogen-bond donors (Lipinski definition) is 7. The molecule has 21 heavy (non-hydrogen) atoms. The molecule has 0 saturated heterocycles. The lowest BCUT2D eigenvalue weighted by atomic mass is 10.1. The average Bonchev–Trinajstić information content (AvgIpc) is 2.28. The lowest BCUT2D eigenvalue weighted by Gasteiger charge is -2.10. The molecule has 0 aromatic rings. The molecule has 0 aliphatic rings. The van der Waals surface area contributed by atoms with Gasteiger partial charge in [0.25, 0.3) is 0 Å². The third kappa shape index (κ3) is 23.5. The van der Waals surface area contributed by atoms with Crippen molar-refractivity contribution in [3.05, 3.63) is 0 Å². The van der Waals surface area contributed by atoms with Crippen LogP contribution in [0.5, 0.6) is 0 Å². The van der Waals surface area contributed by atoms with E-state index in [0.29, 0.717) is 19.4 Å². The quantitative estimate of drug-likeness (QED) is 0.105. The number of aliphatic imine (C=N–C) groups is 1. The summed E-state index contributed by atoms with van der Waals surface area (Å²) in [6.45, 7) is 0.208. The Balaban J connectivity index is 0. The Hall–Kier alpha value is -1.96. The van der Waals surface area contributed by atoms with Crippen LogP contribution in [0.15, 0.2) is 4.99 Å². The molecule has 0 radical (unpaired) electrons. The van der Waals surface area contributed by atoms with Crippen LogP contribution in [0.4, 0.5) is 0 Å². The van der Waals surface area contributed by atoms with Gasteiger partial charge >= 0.3 is 10.4 Å². The number of carbonyl (C=O) groups is 2. The summed E-state index contributed by atoms with van der Waals surface area (Å²) in [6.07, 6.45) is 1.02. The Morgan fingerprint density at radius 1 is 1.19 bits per heavy atom. The number of nitrogens with two attached hydrogens (primary N) is 4. The molecule has 0 aliphatic heterocycles. The normalized spacial score (nSPS) is 11.6. The van der Waals surface area contributed by atoms with Gasteiger partial charge in [-0.25, -0.2) is 0 Å². The van der Waals surface area contributed by atoms with E-state index in [2.05, 4.69) is 10.3 Å². The number of guanidine groups is 1. The van der Waals surface area contributed by atoms with Gasteiger partial charge in [-0.05, 0) is 12.8 Å². The van der Waals surface area contributed by atoms with Crippen molar-refractivity contribution in [3.8, 4) is 0 Å². The van der Waals surface area contributed by atoms with Gasteiger partial charge in [-0.15, -0.1) is 0 Å². The van der Waals surface area contributed by atoms with Gasteiger partial charge in [0.2, 0.25) is 11.8 Å². The minimum absolute atomic E-state index is 0.00625. The number of primary amides is 1. The standard InChI is InChI=1S/C8H18N6O2.H2O4S/c9-5(2-1-3-13-8(11)12)7(16)14-4-6(10)15;1-5(2,3)4/h5H,1-4,9H2,(H2,10,15)(H,14,16)(H4,11,12,13);(H2,1,2,3,4)/t5-;/m0./s1. The Bertz CT molecular complexity index is 452. The summed E-state index contributed by atoms with van der Waals surface area (Å²) in [5.41, 5.74) is 20.6. The van der Waals surface area contributed by atoms with Crippen LogP contribution in [0, 0.1) is 0 Å². The molecule has 0 aromatic carbocycles. The second-order valence-corrected chi connectivity index (χ2v) is 4.58. The zero-order valence-electron chi connectivity index (χ0n) is 11.1. The summed E-state index contributed by atoms with van der Waals surface area (Å²) in [7, 11) is -4.67. The smallest absolute Gasteiger partial charge is 0.370 e. The number of rotatable bonds is 7. The van der Waals surface area contributed by atoms with Gasteiger partial charge in [0.15, 0.2) is 5.96 Å². The highest BCUT2D eigenvalue weighted by atomic mass is 32.3. The van der Waals surface area contributed by atoms with E-state index < -0.39 is 28.3 Å². The van der Waals surface area contributed by atoms with E-state index in [0.717, 1.165) is 0 Å². The van der Waals surface area contributed by atoms with E-state index in [1.165, 1.54) is 0 Å². The molecular formula is C8H20N6O6S. The summed E-state index contributed by atoms with van der Waals surface area (Å²) in [5, 5.41) is 2.31. The van der Waals surface area contributed by atoms with Crippen LogP contribution >= 0.6 is 0 Å². The minimum Gasteiger partial charge on any atom is -0.370 e. The molecule has 0 spiro atoms. The first-order chi connectivity index (χ1) is 9.43. The molecule has 0 fully saturated rings. The maximum absolute atomic E-state index is 11.2. The van der Waals surface area contributed by atoms with Crippen molar-refractivity contribution in [3.63, 3.8) is 0 Å². The summed E-state index contributed by atoms with van der Waals surface area (Å²) >= 11 is 0. The third-order valence-electron chi connectivity index (χ3n) is 1.74. The molecule has 0 heterocycles. The molecule has 0 rings (SSSR count). The third-order valence-corrected chi connectivity index (χ3v) is 1.74. The number of hydrogen-bond acceptors (Lipinski definition) is 6. The first-order valence-electron chi connectivity index (χ1n) is 5.50. The van der Waals surface area contributed by atoms with Crippen LogP contribution in [0.1, 0.15) is 12.8 Å². The topological polar surface area (TPSA) is 237 Å². The molecule has 13 heteroatoms. The highest BCUT2D eigenvalue weighted by Crippen LogP contribution is 1.94. The van der Waals surface area contributed by atoms with Gasteiger partial charge in [-0.3, -0.25) is 23.7 Å². The van der Waals surface area contributed by atoms with E-state index in [4.69, 9.17) is 40.5 Å². The van der Waals surface area contributed by atoms with E-state index in [1.54, 1.807) is 0 Å². The highest BCUT2D eigenvalue weighted by molar-refractivity contribution is 7.79. The molecule has 0 aliphatic carbocycles. The SMILES string of the molecule is NC(=O)CNC(=O)[C@@H](N)CCCN=C(N)N.O=S(=O)(O)O. The monoisotopic (exact) mass is 328 g/mol. The summed E-state index contributed by atoms with van der Waals surface area (Å²) in [5.74, 6) is -1.02. The molecule has 0 saturated carbocycles. The molecule has 0 unspecified atom stereocenters. The van der Waals surface area contributed by atoms with Crippen LogP contribution in [0.2, 0.25) is 0 Å². The Morgan fingerprint density at radius 3 is 2.05 bits per heavy atom. The van der Waals surface area contributed by atoms with Crippen molar-refractivity contribution in [1.29, 1.82) is 0 Å². The van der Waals surface area contributed by atoms with E-state index >= 15 is 0 Å². The van der Waals surface area contributed by atoms with Gasteiger partial charge in [0, 0.05) is 6.54 Å². The summed E-state index contributed by atoms with van der Waals surface area (Å²) < 4.78 is 31.6. The lowest BCUT2D eigenvalue weighted by Crippen LogP contribution is -2.43. The highest BCUT2D eigenvalue weighted by Gasteiger charge is 2.12. The first kappa shape index (κ1) is 21.3. The molecule has 124 valence electrons. The van der Waals surface area contributed by atoms with Crippen LogP contribution in [0.3, 0.4) is 0 Å². The maximum atomic E-state index is 11.2. The molecule has 0 aromatic heterocycles. The van der Waals surface area contributed by atoms with E-state index in [1.807, 2.05) is 0 Å². The maximum Gasteiger partial charge on any atom is 0.394 e. The Morgan fingerprint density at radius 2 is 1.67 bits per heavy atom. The largest absolute Gasteiger partial charge is 0.394 e. The number of carbonyl (C=O) groups excluding carboxylic acids is 2. The second-order valence-electron chi connectivity index (χ2n) is 3.69. The Kier molecular flexibility index (Phi) is 11.0. The van der Waals surface area contributed by atoms with Crippen molar-refractivity contribution in [2.24, 2.45) is 27.9 Å². The number of nitrogens with one attached hydrogen (secondary N) is 1. The van der Waals surface area contributed by atoms with Gasteiger partial charge in [0.05, 0.1) is 12.6 Å². The minimum atomic E-state index is -4.67. The van der Waals surface area contributed by atoms with Crippen LogP contribution < -0.4 is 28.3 Å². The van der Waals surface area contributed by atoms with Crippen molar-refractivity contribution in [2.75, 3.05) is 13.1 Å². The summed E-state index contributed by atoms with van der Waals surface area (Å²) in [6, 6.07) is -0.687. The molecule has 1 atom stereocenters. The number of amides is 2. The van der Waals surface area contributed by atoms with Crippen molar-refractivity contribution in [1.82, 2.24) is 5.32 Å². The van der Waals surface area contributed by atoms with Gasteiger partial charge < -0.3 is 28.3 Å². The molecule has 11 N–H and O–H groups in total. The molecule has 0 bridgehead atoms. The van der Waals surface area contributed by atoms with Gasteiger partial charge in [-0.1, -0.05) is 0 Å². The fourth-order valence-corrected chi connectivity index (χ4v) is 0.956. The predicted molar refractivity (Wildman–Crippen MR) is 74.3 cm³/mol. The Labute approximate surface area is 121 Å². The van der Waals surface area contributed by atoms with Gasteiger partial charge in [-0.2, -0.15) is 8.42 Å². The van der Waals surface area contributed by atoms with Crippen molar-refractivity contribution >= 4 is 28.2 Å². The molecule has 2 amide bonds. The predicted octanol–water partition coefficient (Wildman–Crippen LogP) is -3.68. The average molecular weight is 328 g/mol. The van der Waals surface area contributed by atoms with Crippen molar-refractivity contribution in [2.45, 2.75) is 18.9 Å². The summed E-state index contributed by atoms with van der Waals surface area (Å²) in [4.78, 5) is 25.4. The molecular weight excluding hydrogens is 308 g/mol. The fourth-order valence-electron chi connectivity index (χ4n) is 0.956. The fraction of sp³-hybridized carbons (Fsp3) is 0.625. The zero-order chi connectivity index (χ0) is 17.1. The lowest BCUT2D eigenvalue weighted by molar-refractivity contribution is -0.125. The van der Waals surface area contributed by atoms with Crippen molar-refractivity contribution < 1.29 is 27.1 Å².